The van der Waals surface area contributed by atoms with Crippen LogP contribution in [-0.4, -0.2) is 95.9 Å². The van der Waals surface area contributed by atoms with Crippen LogP contribution in [0.1, 0.15) is 393 Å². The number of rotatable bonds is 89. The Morgan fingerprint density at radius 2 is 0.445 bits per heavy atom. The predicted molar refractivity (Wildman–Crippen MR) is 500 cm³/mol. The van der Waals surface area contributed by atoms with Crippen LogP contribution < -0.4 is 0 Å². The van der Waals surface area contributed by atoms with Crippen molar-refractivity contribution in [1.29, 1.82) is 0 Å². The summed E-state index contributed by atoms with van der Waals surface area (Å²) in [5.41, 5.74) is 0. The molecule has 0 spiro atoms. The summed E-state index contributed by atoms with van der Waals surface area (Å²) >= 11 is 0. The van der Waals surface area contributed by atoms with E-state index in [0.29, 0.717) is 25.7 Å². The van der Waals surface area contributed by atoms with E-state index in [0.717, 1.165) is 135 Å². The van der Waals surface area contributed by atoms with Crippen LogP contribution in [0.3, 0.4) is 0 Å². The van der Waals surface area contributed by atoms with E-state index in [9.17, 15) is 43.5 Å². The van der Waals surface area contributed by atoms with Crippen molar-refractivity contribution in [3.05, 3.63) is 170 Å². The van der Waals surface area contributed by atoms with E-state index in [2.05, 4.69) is 191 Å². The second-order valence-corrected chi connectivity index (χ2v) is 34.3. The van der Waals surface area contributed by atoms with Crippen molar-refractivity contribution in [2.24, 2.45) is 0 Å². The van der Waals surface area contributed by atoms with Gasteiger partial charge in [0.1, 0.15) is 25.4 Å². The number of allylic oxidation sites excluding steroid dienone is 28. The quantitative estimate of drug-likeness (QED) is 0.0146. The molecule has 5 atom stereocenters. The van der Waals surface area contributed by atoms with E-state index in [4.69, 9.17) is 32.3 Å². The molecule has 0 amide bonds. The minimum absolute atomic E-state index is 0.0450. The molecule has 18 heteroatoms. The van der Waals surface area contributed by atoms with Crippen LogP contribution in [0.25, 0.3) is 0 Å². The maximum atomic E-state index is 13.1. The van der Waals surface area contributed by atoms with Gasteiger partial charge in [-0.1, -0.05) is 384 Å². The van der Waals surface area contributed by atoms with Crippen LogP contribution in [0, 0.1) is 0 Å². The van der Waals surface area contributed by atoms with Crippen LogP contribution in [0.5, 0.6) is 0 Å². The summed E-state index contributed by atoms with van der Waals surface area (Å²) in [4.78, 5) is 59.0. The fourth-order valence-electron chi connectivity index (χ4n) is 12.7. The van der Waals surface area contributed by atoms with Gasteiger partial charge in [0.2, 0.25) is 0 Å². The molecule has 0 aliphatic heterocycles. The third-order valence-corrected chi connectivity index (χ3v) is 21.8. The molecule has 4 N–H and O–H groups in total. The molecule has 0 radical (unpaired) electrons. The van der Waals surface area contributed by atoms with E-state index in [1.165, 1.54) is 193 Å². The lowest BCUT2D eigenvalue weighted by molar-refractivity contribution is -0.161. The maximum Gasteiger partial charge on any atom is 0.472 e. The highest BCUT2D eigenvalue weighted by atomic mass is 31.2. The Morgan fingerprint density at radius 1 is 0.244 bits per heavy atom. The zero-order chi connectivity index (χ0) is 86.5. The first-order valence-corrected chi connectivity index (χ1v) is 50.4. The minimum Gasteiger partial charge on any atom is -0.463 e. The van der Waals surface area contributed by atoms with Crippen molar-refractivity contribution in [3.63, 3.8) is 0 Å². The van der Waals surface area contributed by atoms with Gasteiger partial charge in [0.05, 0.1) is 26.4 Å². The van der Waals surface area contributed by atoms with Gasteiger partial charge >= 0.3 is 33.6 Å². The molecular weight excluding hydrogens is 1530 g/mol. The molecule has 16 nitrogen and oxygen atoms in total. The molecule has 0 rings (SSSR count). The molecule has 119 heavy (non-hydrogen) atoms. The molecule has 0 aromatic rings. The third-order valence-electron chi connectivity index (χ3n) is 19.9. The fourth-order valence-corrected chi connectivity index (χ4v) is 14.3. The highest BCUT2D eigenvalue weighted by molar-refractivity contribution is 7.47. The van der Waals surface area contributed by atoms with Crippen molar-refractivity contribution in [2.75, 3.05) is 39.6 Å². The molecule has 0 heterocycles. The fraction of sp³-hybridized carbons (Fsp3) is 0.693. The van der Waals surface area contributed by atoms with Crippen LogP contribution >= 0.6 is 15.6 Å². The van der Waals surface area contributed by atoms with E-state index >= 15 is 0 Å². The Kier molecular flexibility index (Phi) is 88.2. The van der Waals surface area contributed by atoms with Crippen molar-refractivity contribution in [1.82, 2.24) is 0 Å². The number of aliphatic hydroxyl groups is 2. The number of esters is 3. The average Bonchev–Trinajstić information content (AvgIpc) is 0.902. The summed E-state index contributed by atoms with van der Waals surface area (Å²) in [7, 11) is -9.83. The van der Waals surface area contributed by atoms with Crippen molar-refractivity contribution < 1.29 is 75.8 Å². The highest BCUT2D eigenvalue weighted by Gasteiger charge is 2.29. The van der Waals surface area contributed by atoms with Crippen LogP contribution in [-0.2, 0) is 55.8 Å². The van der Waals surface area contributed by atoms with Gasteiger partial charge in [-0.25, -0.2) is 9.13 Å². The normalized spacial score (nSPS) is 14.5. The average molecular weight is 1700 g/mol. The van der Waals surface area contributed by atoms with Crippen molar-refractivity contribution >= 4 is 33.6 Å². The number of carbonyl (C=O) groups excluding carboxylic acids is 3. The number of unbranched alkanes of at least 4 members (excludes halogenated alkanes) is 38. The summed E-state index contributed by atoms with van der Waals surface area (Å²) in [5.74, 6) is -1.62. The number of ether oxygens (including phenoxy) is 3. The molecule has 0 saturated carbocycles. The van der Waals surface area contributed by atoms with Crippen LogP contribution in [0.4, 0.5) is 0 Å². The topological polar surface area (TPSA) is 231 Å². The number of aliphatic hydroxyl groups excluding tert-OH is 2. The Labute approximate surface area is 726 Å². The van der Waals surface area contributed by atoms with E-state index in [1.54, 1.807) is 0 Å². The number of hydrogen-bond donors (Lipinski definition) is 4. The van der Waals surface area contributed by atoms with Gasteiger partial charge in [-0.2, -0.15) is 0 Å². The summed E-state index contributed by atoms with van der Waals surface area (Å²) in [5, 5.41) is 20.7. The van der Waals surface area contributed by atoms with Crippen LogP contribution in [0.2, 0.25) is 0 Å². The molecule has 5 unspecified atom stereocenters. The second-order valence-electron chi connectivity index (χ2n) is 31.4. The lowest BCUT2D eigenvalue weighted by atomic mass is 10.0. The number of phosphoric ester groups is 2. The zero-order valence-corrected chi connectivity index (χ0v) is 77.0. The SMILES string of the molecule is CC/C=C\C/C=C\C/C=C\C/C=C\C/C=C\C/C=C\CCCCC(=O)OC(COC(=O)CCCCCCCCCCCCCCC/C=C\C/C=C\C/C=C\C/C=C\CCCCC)COP(=O)(O)OCC(O)COP(=O)(O)OCC(O)COC(=O)CCCCCCCCCCCCCCCCCCC/C=C\C/C=C\C/C=C\C/C=C\CCCCC. The third kappa shape index (κ3) is 93.5. The first-order valence-electron chi connectivity index (χ1n) is 47.4. The molecule has 0 saturated heterocycles. The second kappa shape index (κ2) is 92.1. The molecule has 0 aromatic carbocycles. The summed E-state index contributed by atoms with van der Waals surface area (Å²) in [6.07, 6.45) is 120. The minimum atomic E-state index is -4.96. The monoisotopic (exact) mass is 1700 g/mol. The van der Waals surface area contributed by atoms with Gasteiger partial charge in [0.25, 0.3) is 0 Å². The number of carbonyl (C=O) groups is 3. The molecular formula is C101H172O16P2. The maximum absolute atomic E-state index is 13.1. The molecule has 0 aromatic heterocycles. The van der Waals surface area contributed by atoms with Crippen molar-refractivity contribution in [2.45, 2.75) is 411 Å². The van der Waals surface area contributed by atoms with E-state index in [-0.39, 0.29) is 19.3 Å². The van der Waals surface area contributed by atoms with Gasteiger partial charge in [-0.3, -0.25) is 32.5 Å². The number of phosphoric acid groups is 2. The smallest absolute Gasteiger partial charge is 0.463 e. The van der Waals surface area contributed by atoms with Gasteiger partial charge in [0, 0.05) is 19.3 Å². The lowest BCUT2D eigenvalue weighted by Gasteiger charge is -2.21. The molecule has 0 bridgehead atoms. The first kappa shape index (κ1) is 114. The van der Waals surface area contributed by atoms with Gasteiger partial charge < -0.3 is 34.2 Å². The Hall–Kier alpha value is -5.09. The summed E-state index contributed by atoms with van der Waals surface area (Å²) in [6.45, 7) is 2.50. The zero-order valence-electron chi connectivity index (χ0n) is 75.2. The van der Waals surface area contributed by atoms with Crippen LogP contribution in [0.15, 0.2) is 170 Å². The standard InChI is InChI=1S/C101H172O16P2/c1-4-7-10-13-16-19-22-25-28-31-34-37-39-41-43-45-46-47-48-50-52-53-55-58-60-63-66-69-72-75-78-81-84-87-99(104)111-90-96(102)91-113-118(107,108)114-92-97(103)93-115-119(109,110)116-95-98(117-101(106)89-86-83-80-77-74-71-68-65-62-57-36-33-30-27-24-21-18-15-12-9-6-3)94-112-100(105)88-85-82-79-76-73-70-67-64-61-59-56-54-51-49-44-42-40-38-35-32-29-26-23-20-17-14-11-8-5-2/h9,12,16-21,25-30,34-38,41-44,57,65,68,74,77,96-98,102-103H,4-8,10-11,13-15,22-24,31-33,39-40,45-56,58-64,66-67,69-73,75-76,78-95H2,1-3H3,(H,107,108)(H,109,110)/b12-9-,19-16-,20-17-,21-18-,28-25-,29-26-,30-27-,37-34-,38-35-,43-41-,44-42-,57-36-,68-65-,77-74-. The molecule has 0 fully saturated rings. The van der Waals surface area contributed by atoms with Crippen molar-refractivity contribution in [3.8, 4) is 0 Å². The summed E-state index contributed by atoms with van der Waals surface area (Å²) < 4.78 is 61.5. The highest BCUT2D eigenvalue weighted by Crippen LogP contribution is 2.45. The van der Waals surface area contributed by atoms with E-state index < -0.39 is 91.5 Å². The molecule has 0 aliphatic carbocycles. The Bertz CT molecular complexity index is 2840. The summed E-state index contributed by atoms with van der Waals surface area (Å²) in [6, 6.07) is 0. The Morgan fingerprint density at radius 3 is 0.723 bits per heavy atom. The van der Waals surface area contributed by atoms with Gasteiger partial charge in [-0.05, 0) is 161 Å². The molecule has 0 aliphatic rings. The Balaban J connectivity index is 4.59. The lowest BCUT2D eigenvalue weighted by Crippen LogP contribution is -2.30. The van der Waals surface area contributed by atoms with Gasteiger partial charge in [-0.15, -0.1) is 0 Å². The predicted octanol–water partition coefficient (Wildman–Crippen LogP) is 29.4. The number of hydrogen-bond acceptors (Lipinski definition) is 14. The van der Waals surface area contributed by atoms with Gasteiger partial charge in [0.15, 0.2) is 6.10 Å². The van der Waals surface area contributed by atoms with E-state index in [1.807, 2.05) is 0 Å². The largest absolute Gasteiger partial charge is 0.472 e. The molecule has 682 valence electrons. The first-order chi connectivity index (χ1) is 58.2.